The summed E-state index contributed by atoms with van der Waals surface area (Å²) in [6.45, 7) is 0. The highest BCUT2D eigenvalue weighted by atomic mass is 16.5. The molecule has 2 aromatic carbocycles. The van der Waals surface area contributed by atoms with Gasteiger partial charge in [-0.3, -0.25) is 4.79 Å². The Hall–Kier alpha value is -1.71. The van der Waals surface area contributed by atoms with Gasteiger partial charge in [0, 0.05) is 5.56 Å². The quantitative estimate of drug-likeness (QED) is 0.570. The zero-order valence-electron chi connectivity index (χ0n) is 7.92. The van der Waals surface area contributed by atoms with Crippen LogP contribution >= 0.6 is 0 Å². The summed E-state index contributed by atoms with van der Waals surface area (Å²) < 4.78 is 0. The van der Waals surface area contributed by atoms with Gasteiger partial charge < -0.3 is 10.2 Å². The smallest absolute Gasteiger partial charge is 0.219 e. The maximum Gasteiger partial charge on any atom is 0.219 e. The van der Waals surface area contributed by atoms with Gasteiger partial charge in [0.2, 0.25) is 12.1 Å². The van der Waals surface area contributed by atoms with Crippen molar-refractivity contribution in [3.8, 4) is 0 Å². The fourth-order valence-corrected chi connectivity index (χ4v) is 1.58. The van der Waals surface area contributed by atoms with Crippen molar-refractivity contribution < 1.29 is 15.0 Å². The zero-order valence-corrected chi connectivity index (χ0v) is 7.92. The summed E-state index contributed by atoms with van der Waals surface area (Å²) in [4.78, 5) is 11.5. The van der Waals surface area contributed by atoms with Crippen LogP contribution in [0.2, 0.25) is 0 Å². The monoisotopic (exact) mass is 202 g/mol. The fourth-order valence-electron chi connectivity index (χ4n) is 1.58. The molecule has 0 saturated heterocycles. The Kier molecular flexibility index (Phi) is 2.49. The lowest BCUT2D eigenvalue weighted by Crippen LogP contribution is -2.19. The predicted molar refractivity (Wildman–Crippen MR) is 56.5 cm³/mol. The molecule has 3 nitrogen and oxygen atoms in total. The van der Waals surface area contributed by atoms with Crippen LogP contribution in [0.25, 0.3) is 10.8 Å². The normalized spacial score (nSPS) is 10.9. The molecule has 0 amide bonds. The van der Waals surface area contributed by atoms with Crippen LogP contribution in [0, 0.1) is 0 Å². The molecule has 76 valence electrons. The van der Waals surface area contributed by atoms with Crippen LogP contribution in [-0.2, 0) is 0 Å². The number of fused-ring (bicyclic) bond motifs is 1. The van der Waals surface area contributed by atoms with E-state index in [1.807, 2.05) is 24.3 Å². The van der Waals surface area contributed by atoms with E-state index < -0.39 is 12.1 Å². The fraction of sp³-hybridized carbons (Fsp3) is 0.0833. The Bertz CT molecular complexity index is 498. The topological polar surface area (TPSA) is 57.5 Å². The van der Waals surface area contributed by atoms with Gasteiger partial charge in [0.05, 0.1) is 0 Å². The summed E-state index contributed by atoms with van der Waals surface area (Å²) in [5, 5.41) is 19.3. The number of hydrogen-bond acceptors (Lipinski definition) is 3. The number of aliphatic hydroxyl groups is 2. The van der Waals surface area contributed by atoms with Crippen molar-refractivity contribution in [3.63, 3.8) is 0 Å². The van der Waals surface area contributed by atoms with Gasteiger partial charge >= 0.3 is 0 Å². The van der Waals surface area contributed by atoms with Crippen LogP contribution in [-0.4, -0.2) is 22.3 Å². The molecule has 0 bridgehead atoms. The van der Waals surface area contributed by atoms with E-state index in [0.717, 1.165) is 10.8 Å². The van der Waals surface area contributed by atoms with E-state index >= 15 is 0 Å². The maximum absolute atomic E-state index is 11.5. The summed E-state index contributed by atoms with van der Waals surface area (Å²) >= 11 is 0. The molecule has 2 rings (SSSR count). The molecule has 0 aromatic heterocycles. The number of carbonyl (C=O) groups is 1. The van der Waals surface area contributed by atoms with Gasteiger partial charge in [0.15, 0.2) is 0 Å². The first-order chi connectivity index (χ1) is 7.20. The minimum absolute atomic E-state index is 0.336. The van der Waals surface area contributed by atoms with Crippen molar-refractivity contribution in [2.24, 2.45) is 0 Å². The Morgan fingerprint density at radius 1 is 1.00 bits per heavy atom. The minimum Gasteiger partial charge on any atom is -0.362 e. The lowest BCUT2D eigenvalue weighted by atomic mass is 10.0. The molecule has 0 saturated carbocycles. The van der Waals surface area contributed by atoms with E-state index in [4.69, 9.17) is 10.2 Å². The SMILES string of the molecule is O=C(c1cccc2ccccc12)C(O)O. The maximum atomic E-state index is 11.5. The van der Waals surface area contributed by atoms with Crippen LogP contribution in [0.4, 0.5) is 0 Å². The number of carbonyl (C=O) groups excluding carboxylic acids is 1. The summed E-state index contributed by atoms with van der Waals surface area (Å²) in [6, 6.07) is 12.5. The van der Waals surface area contributed by atoms with Crippen LogP contribution in [0.15, 0.2) is 42.5 Å². The standard InChI is InChI=1S/C12H10O3/c13-11(12(14)15)10-7-3-5-8-4-1-2-6-9(8)10/h1-7,12,14-15H. The van der Waals surface area contributed by atoms with Crippen LogP contribution in [0.3, 0.4) is 0 Å². The Morgan fingerprint density at radius 3 is 2.40 bits per heavy atom. The van der Waals surface area contributed by atoms with Gasteiger partial charge in [-0.2, -0.15) is 0 Å². The Morgan fingerprint density at radius 2 is 1.67 bits per heavy atom. The molecular formula is C12H10O3. The highest BCUT2D eigenvalue weighted by Crippen LogP contribution is 2.19. The molecule has 3 heteroatoms. The molecule has 0 aliphatic carbocycles. The van der Waals surface area contributed by atoms with Gasteiger partial charge in [-0.05, 0) is 10.8 Å². The average molecular weight is 202 g/mol. The Balaban J connectivity index is 2.66. The van der Waals surface area contributed by atoms with Crippen LogP contribution in [0.5, 0.6) is 0 Å². The molecule has 0 spiro atoms. The lowest BCUT2D eigenvalue weighted by molar-refractivity contribution is -0.0193. The number of hydrogen-bond donors (Lipinski definition) is 2. The largest absolute Gasteiger partial charge is 0.362 e. The third kappa shape index (κ3) is 1.75. The van der Waals surface area contributed by atoms with Crippen molar-refractivity contribution in [2.75, 3.05) is 0 Å². The van der Waals surface area contributed by atoms with Gasteiger partial charge in [-0.15, -0.1) is 0 Å². The average Bonchev–Trinajstić information content (AvgIpc) is 2.27. The van der Waals surface area contributed by atoms with E-state index in [0.29, 0.717) is 5.56 Å². The molecular weight excluding hydrogens is 192 g/mol. The summed E-state index contributed by atoms with van der Waals surface area (Å²) in [5.41, 5.74) is 0.336. The molecule has 0 unspecified atom stereocenters. The second kappa shape index (κ2) is 3.81. The van der Waals surface area contributed by atoms with Crippen molar-refractivity contribution in [1.82, 2.24) is 0 Å². The molecule has 0 fully saturated rings. The number of benzene rings is 2. The van der Waals surface area contributed by atoms with Crippen molar-refractivity contribution in [2.45, 2.75) is 6.29 Å². The molecule has 2 N–H and O–H groups in total. The van der Waals surface area contributed by atoms with E-state index in [9.17, 15) is 4.79 Å². The summed E-state index contributed by atoms with van der Waals surface area (Å²) in [5.74, 6) is -0.674. The van der Waals surface area contributed by atoms with E-state index in [2.05, 4.69) is 0 Å². The number of rotatable bonds is 2. The molecule has 0 atom stereocenters. The first kappa shape index (κ1) is 9.83. The zero-order chi connectivity index (χ0) is 10.8. The second-order valence-corrected chi connectivity index (χ2v) is 3.26. The second-order valence-electron chi connectivity index (χ2n) is 3.26. The summed E-state index contributed by atoms with van der Waals surface area (Å²) in [6.07, 6.45) is -1.95. The number of ketones is 1. The highest BCUT2D eigenvalue weighted by molar-refractivity contribution is 6.09. The number of aliphatic hydroxyl groups excluding tert-OH is 1. The minimum atomic E-state index is -1.95. The molecule has 0 radical (unpaired) electrons. The van der Waals surface area contributed by atoms with Gasteiger partial charge in [0.1, 0.15) is 0 Å². The first-order valence-corrected chi connectivity index (χ1v) is 4.58. The molecule has 15 heavy (non-hydrogen) atoms. The first-order valence-electron chi connectivity index (χ1n) is 4.58. The van der Waals surface area contributed by atoms with E-state index in [1.54, 1.807) is 18.2 Å². The highest BCUT2D eigenvalue weighted by Gasteiger charge is 2.15. The van der Waals surface area contributed by atoms with Crippen molar-refractivity contribution in [3.05, 3.63) is 48.0 Å². The van der Waals surface area contributed by atoms with Gasteiger partial charge in [-0.25, -0.2) is 0 Å². The lowest BCUT2D eigenvalue weighted by Gasteiger charge is -2.06. The van der Waals surface area contributed by atoms with E-state index in [1.165, 1.54) is 0 Å². The third-order valence-electron chi connectivity index (χ3n) is 2.29. The van der Waals surface area contributed by atoms with Crippen LogP contribution in [0.1, 0.15) is 10.4 Å². The molecule has 0 aliphatic heterocycles. The Labute approximate surface area is 86.6 Å². The molecule has 0 aliphatic rings. The van der Waals surface area contributed by atoms with Gasteiger partial charge in [0.25, 0.3) is 0 Å². The van der Waals surface area contributed by atoms with Crippen molar-refractivity contribution >= 4 is 16.6 Å². The van der Waals surface area contributed by atoms with Crippen molar-refractivity contribution in [1.29, 1.82) is 0 Å². The third-order valence-corrected chi connectivity index (χ3v) is 2.29. The predicted octanol–water partition coefficient (Wildman–Crippen LogP) is 1.33. The molecule has 2 aromatic rings. The van der Waals surface area contributed by atoms with Gasteiger partial charge in [-0.1, -0.05) is 42.5 Å². The molecule has 0 heterocycles. The van der Waals surface area contributed by atoms with Crippen LogP contribution < -0.4 is 0 Å². The summed E-state index contributed by atoms with van der Waals surface area (Å²) in [7, 11) is 0. The van der Waals surface area contributed by atoms with E-state index in [-0.39, 0.29) is 0 Å². The number of Topliss-reactive ketones (excluding diaryl/α,β-unsaturated/α-hetero) is 1.